The lowest BCUT2D eigenvalue weighted by molar-refractivity contribution is 0.199. The van der Waals surface area contributed by atoms with Crippen molar-refractivity contribution < 1.29 is 18.6 Å². The van der Waals surface area contributed by atoms with Gasteiger partial charge in [0.15, 0.2) is 7.37 Å². The van der Waals surface area contributed by atoms with E-state index in [1.165, 1.54) is 6.66 Å². The van der Waals surface area contributed by atoms with Crippen LogP contribution in [0, 0.1) is 24.6 Å². The van der Waals surface area contributed by atoms with Crippen molar-refractivity contribution >= 4 is 7.37 Å². The van der Waals surface area contributed by atoms with Crippen LogP contribution in [0.15, 0.2) is 42.5 Å². The van der Waals surface area contributed by atoms with E-state index >= 15 is 0 Å². The van der Waals surface area contributed by atoms with E-state index < -0.39 is 7.37 Å². The van der Waals surface area contributed by atoms with Crippen LogP contribution in [0.1, 0.15) is 67.1 Å². The molecule has 2 aromatic rings. The zero-order valence-corrected chi connectivity index (χ0v) is 19.5. The fourth-order valence-corrected chi connectivity index (χ4v) is 6.29. The summed E-state index contributed by atoms with van der Waals surface area (Å²) in [5.74, 6) is 2.23. The summed E-state index contributed by atoms with van der Waals surface area (Å²) in [4.78, 5) is 9.91. The first-order valence-corrected chi connectivity index (χ1v) is 13.9. The zero-order valence-electron chi connectivity index (χ0n) is 18.6. The molecule has 0 aliphatic heterocycles. The van der Waals surface area contributed by atoms with Crippen molar-refractivity contribution in [1.82, 2.24) is 0 Å². The summed E-state index contributed by atoms with van der Waals surface area (Å²) in [6, 6.07) is 13.5. The normalized spacial score (nSPS) is 24.4. The third-order valence-electron chi connectivity index (χ3n) is 6.94. The highest BCUT2D eigenvalue weighted by atomic mass is 31.2. The van der Waals surface area contributed by atoms with Crippen molar-refractivity contribution in [3.63, 3.8) is 0 Å². The largest absolute Gasteiger partial charge is 0.493 e. The first kappa shape index (κ1) is 22.6. The van der Waals surface area contributed by atoms with Gasteiger partial charge >= 0.3 is 0 Å². The average Bonchev–Trinajstić information content (AvgIpc) is 3.58. The van der Waals surface area contributed by atoms with E-state index in [0.717, 1.165) is 61.0 Å². The van der Waals surface area contributed by atoms with Crippen LogP contribution in [0.25, 0.3) is 0 Å². The summed E-state index contributed by atoms with van der Waals surface area (Å²) < 4.78 is 32.4. The molecule has 31 heavy (non-hydrogen) atoms. The quantitative estimate of drug-likeness (QED) is 0.452. The van der Waals surface area contributed by atoms with Crippen LogP contribution in [-0.4, -0.2) is 24.3 Å². The number of hydrogen-bond donors (Lipinski definition) is 1. The van der Waals surface area contributed by atoms with Crippen molar-refractivity contribution in [3.05, 3.63) is 65.0 Å². The maximum Gasteiger partial charge on any atom is 0.198 e. The van der Waals surface area contributed by atoms with Crippen LogP contribution in [-0.2, 0) is 4.57 Å². The van der Waals surface area contributed by atoms with Gasteiger partial charge in [-0.25, -0.2) is 4.39 Å². The molecule has 2 aliphatic carbocycles. The summed E-state index contributed by atoms with van der Waals surface area (Å²) in [5, 5.41) is 0. The minimum Gasteiger partial charge on any atom is -0.493 e. The van der Waals surface area contributed by atoms with Crippen molar-refractivity contribution in [3.8, 4) is 5.75 Å². The van der Waals surface area contributed by atoms with Crippen LogP contribution < -0.4 is 4.74 Å². The summed E-state index contributed by atoms with van der Waals surface area (Å²) in [5.41, 5.74) is 3.11. The van der Waals surface area contributed by atoms with Gasteiger partial charge in [-0.1, -0.05) is 29.8 Å². The molecule has 0 heterocycles. The van der Waals surface area contributed by atoms with E-state index in [2.05, 4.69) is 12.1 Å². The molecule has 0 bridgehead atoms. The lowest BCUT2D eigenvalue weighted by Crippen LogP contribution is -2.20. The molecule has 0 saturated heterocycles. The summed E-state index contributed by atoms with van der Waals surface area (Å²) in [6.07, 6.45) is 6.72. The van der Waals surface area contributed by atoms with Gasteiger partial charge < -0.3 is 9.63 Å². The van der Waals surface area contributed by atoms with Gasteiger partial charge in [-0.2, -0.15) is 0 Å². The molecule has 2 unspecified atom stereocenters. The van der Waals surface area contributed by atoms with Crippen LogP contribution in [0.4, 0.5) is 4.39 Å². The van der Waals surface area contributed by atoms with Gasteiger partial charge in [-0.05, 0) is 98.4 Å². The summed E-state index contributed by atoms with van der Waals surface area (Å²) in [7, 11) is -3.06. The molecular weight excluding hydrogens is 410 g/mol. The Labute approximate surface area is 185 Å². The lowest BCUT2D eigenvalue weighted by Gasteiger charge is -2.29. The number of halogens is 1. The maximum atomic E-state index is 14.2. The number of rotatable bonds is 8. The van der Waals surface area contributed by atoms with E-state index in [1.54, 1.807) is 6.07 Å². The van der Waals surface area contributed by atoms with E-state index in [-0.39, 0.29) is 11.7 Å². The molecule has 5 heteroatoms. The molecule has 2 saturated carbocycles. The molecule has 2 atom stereocenters. The molecular formula is C26H34FO3P. The second-order valence-corrected chi connectivity index (χ2v) is 12.3. The SMILES string of the molecule is Cc1ccc(F)c(C2CCC(COc3cccc(C(CP(C)(=O)O)C4CC4)c3)CC2)c1. The Balaban J connectivity index is 1.32. The zero-order chi connectivity index (χ0) is 22.0. The molecule has 0 spiro atoms. The number of ether oxygens (including phenoxy) is 1. The third-order valence-corrected chi connectivity index (χ3v) is 8.01. The number of aryl methyl sites for hydroxylation is 1. The Morgan fingerprint density at radius 2 is 1.84 bits per heavy atom. The molecule has 2 aliphatic rings. The second-order valence-electron chi connectivity index (χ2n) is 9.80. The van der Waals surface area contributed by atoms with Gasteiger partial charge in [0.25, 0.3) is 0 Å². The third kappa shape index (κ3) is 6.20. The van der Waals surface area contributed by atoms with Crippen molar-refractivity contribution in [2.45, 2.75) is 57.3 Å². The summed E-state index contributed by atoms with van der Waals surface area (Å²) in [6.45, 7) is 4.15. The molecule has 1 N–H and O–H groups in total. The van der Waals surface area contributed by atoms with Crippen LogP contribution in [0.5, 0.6) is 5.75 Å². The standard InChI is InChI=1S/C26H34FO3P/c1-18-6-13-26(27)24(14-18)20-9-7-19(8-10-20)16-30-23-5-3-4-22(15-23)25(21-11-12-21)17-31(2,28)29/h3-6,13-15,19-21,25H,7-12,16-17H2,1-2H3,(H,28,29). The van der Waals surface area contributed by atoms with E-state index in [0.29, 0.717) is 30.5 Å². The fourth-order valence-electron chi connectivity index (χ4n) is 5.06. The van der Waals surface area contributed by atoms with Gasteiger partial charge in [0.1, 0.15) is 11.6 Å². The van der Waals surface area contributed by atoms with Crippen molar-refractivity contribution in [2.24, 2.45) is 11.8 Å². The Morgan fingerprint density at radius 1 is 1.10 bits per heavy atom. The number of hydrogen-bond acceptors (Lipinski definition) is 2. The maximum absolute atomic E-state index is 14.2. The van der Waals surface area contributed by atoms with Gasteiger partial charge in [0.2, 0.25) is 0 Å². The lowest BCUT2D eigenvalue weighted by atomic mass is 9.78. The van der Waals surface area contributed by atoms with Gasteiger partial charge in [0, 0.05) is 12.8 Å². The Morgan fingerprint density at radius 3 is 2.52 bits per heavy atom. The first-order valence-electron chi connectivity index (χ1n) is 11.6. The fraction of sp³-hybridized carbons (Fsp3) is 0.538. The predicted molar refractivity (Wildman–Crippen MR) is 124 cm³/mol. The van der Waals surface area contributed by atoms with Crippen molar-refractivity contribution in [1.29, 1.82) is 0 Å². The second kappa shape index (κ2) is 9.46. The summed E-state index contributed by atoms with van der Waals surface area (Å²) >= 11 is 0. The molecule has 2 aromatic carbocycles. The monoisotopic (exact) mass is 444 g/mol. The Kier molecular flexibility index (Phi) is 6.89. The Hall–Kier alpha value is -1.64. The predicted octanol–water partition coefficient (Wildman–Crippen LogP) is 6.88. The first-order chi connectivity index (χ1) is 14.8. The molecule has 0 radical (unpaired) electrons. The van der Waals surface area contributed by atoms with Crippen LogP contribution in [0.2, 0.25) is 0 Å². The van der Waals surface area contributed by atoms with E-state index in [4.69, 9.17) is 4.74 Å². The van der Waals surface area contributed by atoms with Gasteiger partial charge in [-0.3, -0.25) is 4.57 Å². The average molecular weight is 445 g/mol. The minimum atomic E-state index is -3.06. The molecule has 4 rings (SSSR count). The topological polar surface area (TPSA) is 46.5 Å². The van der Waals surface area contributed by atoms with Crippen molar-refractivity contribution in [2.75, 3.05) is 19.4 Å². The van der Waals surface area contributed by atoms with E-state index in [9.17, 15) is 13.8 Å². The highest BCUT2D eigenvalue weighted by molar-refractivity contribution is 7.57. The molecule has 3 nitrogen and oxygen atoms in total. The van der Waals surface area contributed by atoms with Crippen LogP contribution in [0.3, 0.4) is 0 Å². The molecule has 168 valence electrons. The molecule has 2 fully saturated rings. The van der Waals surface area contributed by atoms with E-state index in [1.807, 2.05) is 31.2 Å². The van der Waals surface area contributed by atoms with Gasteiger partial charge in [-0.15, -0.1) is 0 Å². The number of benzene rings is 2. The highest BCUT2D eigenvalue weighted by Gasteiger charge is 2.35. The Bertz CT molecular complexity index is 941. The minimum absolute atomic E-state index is 0.0770. The van der Waals surface area contributed by atoms with Crippen LogP contribution >= 0.6 is 7.37 Å². The highest BCUT2D eigenvalue weighted by Crippen LogP contribution is 2.50. The molecule has 0 aromatic heterocycles. The smallest absolute Gasteiger partial charge is 0.198 e. The van der Waals surface area contributed by atoms with Gasteiger partial charge in [0.05, 0.1) is 6.61 Å². The molecule has 0 amide bonds.